The number of para-hydroxylation sites is 1. The van der Waals surface area contributed by atoms with E-state index in [1.54, 1.807) is 36.4 Å². The first-order valence-electron chi connectivity index (χ1n) is 11.1. The highest BCUT2D eigenvalue weighted by Crippen LogP contribution is 2.30. The maximum atomic E-state index is 13.2. The van der Waals surface area contributed by atoms with Gasteiger partial charge in [0.1, 0.15) is 17.1 Å². The predicted octanol–water partition coefficient (Wildman–Crippen LogP) is 4.51. The molecule has 0 radical (unpaired) electrons. The van der Waals surface area contributed by atoms with Gasteiger partial charge in [0.2, 0.25) is 0 Å². The molecule has 186 valence electrons. The van der Waals surface area contributed by atoms with E-state index in [0.29, 0.717) is 16.2 Å². The molecule has 2 heterocycles. The van der Waals surface area contributed by atoms with Gasteiger partial charge in [-0.05, 0) is 48.0 Å². The van der Waals surface area contributed by atoms with Gasteiger partial charge < -0.3 is 10.4 Å². The molecular formula is C26H20ClN5O4S. The van der Waals surface area contributed by atoms with Gasteiger partial charge in [-0.25, -0.2) is 13.1 Å². The van der Waals surface area contributed by atoms with Gasteiger partial charge >= 0.3 is 0 Å². The molecule has 9 nitrogen and oxygen atoms in total. The van der Waals surface area contributed by atoms with E-state index >= 15 is 0 Å². The Hall–Kier alpha value is -4.41. The third kappa shape index (κ3) is 5.11. The summed E-state index contributed by atoms with van der Waals surface area (Å²) in [4.78, 5) is 16.8. The van der Waals surface area contributed by atoms with Crippen LogP contribution in [0.4, 0.5) is 5.82 Å². The summed E-state index contributed by atoms with van der Waals surface area (Å²) in [6, 6.07) is 21.7. The summed E-state index contributed by atoms with van der Waals surface area (Å²) in [5.41, 5.74) is 1.76. The molecule has 0 spiro atoms. The number of carbonyl (C=O) groups excluding carboxylic acids is 1. The van der Waals surface area contributed by atoms with Crippen LogP contribution in [0.15, 0.2) is 96.2 Å². The summed E-state index contributed by atoms with van der Waals surface area (Å²) in [7, 11) is -4.07. The van der Waals surface area contributed by atoms with Crippen LogP contribution in [0.25, 0.3) is 16.6 Å². The Balaban J connectivity index is 1.41. The van der Waals surface area contributed by atoms with Crippen LogP contribution in [0.1, 0.15) is 15.9 Å². The number of nitrogens with zero attached hydrogens (tertiary/aromatic N) is 3. The fraction of sp³-hybridized carbons (Fsp3) is 0.0385. The lowest BCUT2D eigenvalue weighted by Crippen LogP contribution is -2.23. The molecule has 2 aromatic heterocycles. The highest BCUT2D eigenvalue weighted by Gasteiger charge is 2.21. The second-order valence-electron chi connectivity index (χ2n) is 8.08. The van der Waals surface area contributed by atoms with E-state index < -0.39 is 15.9 Å². The van der Waals surface area contributed by atoms with Crippen LogP contribution < -0.4 is 10.0 Å². The predicted molar refractivity (Wildman–Crippen MR) is 140 cm³/mol. The molecule has 5 aromatic rings. The lowest BCUT2D eigenvalue weighted by molar-refractivity contribution is 0.0948. The maximum absolute atomic E-state index is 13.2. The standard InChI is InChI=1S/C26H20ClN5O4S/c27-18-8-6-17(7-9-18)15-29-26(34)22-16-28-23-11-10-20(14-21(23)25(22)33)37(35,36)31-24-12-13-30-32(24)19-4-2-1-3-5-19/h1-14,16,31H,15H2,(H,28,33)(H,29,34). The van der Waals surface area contributed by atoms with Crippen LogP contribution in [0.2, 0.25) is 5.02 Å². The number of rotatable bonds is 7. The quantitative estimate of drug-likeness (QED) is 0.282. The summed E-state index contributed by atoms with van der Waals surface area (Å²) in [6.07, 6.45) is 2.73. The number of sulfonamides is 1. The molecule has 0 bridgehead atoms. The van der Waals surface area contributed by atoms with Gasteiger partial charge in [-0.15, -0.1) is 0 Å². The van der Waals surface area contributed by atoms with E-state index in [9.17, 15) is 18.3 Å². The summed E-state index contributed by atoms with van der Waals surface area (Å²) in [5, 5.41) is 18.5. The molecule has 0 aliphatic carbocycles. The van der Waals surface area contributed by atoms with Gasteiger partial charge in [-0.1, -0.05) is 41.9 Å². The monoisotopic (exact) mass is 533 g/mol. The number of hydrogen-bond donors (Lipinski definition) is 3. The van der Waals surface area contributed by atoms with Crippen molar-refractivity contribution in [3.8, 4) is 11.4 Å². The summed E-state index contributed by atoms with van der Waals surface area (Å²) in [5.74, 6) is -0.686. The number of benzene rings is 3. The van der Waals surface area contributed by atoms with Gasteiger partial charge in [0.15, 0.2) is 0 Å². The normalized spacial score (nSPS) is 11.4. The molecule has 0 unspecified atom stereocenters. The molecule has 11 heteroatoms. The molecule has 0 atom stereocenters. The number of fused-ring (bicyclic) bond motifs is 1. The maximum Gasteiger partial charge on any atom is 0.263 e. The lowest BCUT2D eigenvalue weighted by Gasteiger charge is -2.12. The minimum Gasteiger partial charge on any atom is -0.506 e. The molecule has 3 N–H and O–H groups in total. The lowest BCUT2D eigenvalue weighted by atomic mass is 10.1. The van der Waals surface area contributed by atoms with Crippen LogP contribution in [0, 0.1) is 0 Å². The Morgan fingerprint density at radius 2 is 1.76 bits per heavy atom. The first-order valence-corrected chi connectivity index (χ1v) is 12.9. The van der Waals surface area contributed by atoms with E-state index in [2.05, 4.69) is 20.1 Å². The molecular weight excluding hydrogens is 514 g/mol. The first-order chi connectivity index (χ1) is 17.8. The van der Waals surface area contributed by atoms with Crippen LogP contribution in [0.5, 0.6) is 5.75 Å². The van der Waals surface area contributed by atoms with Crippen LogP contribution in [-0.2, 0) is 16.6 Å². The number of pyridine rings is 1. The van der Waals surface area contributed by atoms with E-state index in [4.69, 9.17) is 11.6 Å². The number of aromatic hydroxyl groups is 1. The highest BCUT2D eigenvalue weighted by atomic mass is 35.5. The Labute approximate surface area is 217 Å². The second kappa shape index (κ2) is 9.92. The largest absolute Gasteiger partial charge is 0.506 e. The van der Waals surface area contributed by atoms with Crippen molar-refractivity contribution >= 4 is 44.3 Å². The number of carbonyl (C=O) groups is 1. The van der Waals surface area contributed by atoms with Crippen molar-refractivity contribution in [3.05, 3.63) is 107 Å². The molecule has 5 rings (SSSR count). The van der Waals surface area contributed by atoms with Crippen molar-refractivity contribution in [2.24, 2.45) is 0 Å². The van der Waals surface area contributed by atoms with E-state index in [1.807, 2.05) is 18.2 Å². The molecule has 0 aliphatic rings. The van der Waals surface area contributed by atoms with Crippen molar-refractivity contribution in [2.75, 3.05) is 4.72 Å². The Morgan fingerprint density at radius 3 is 2.51 bits per heavy atom. The number of halogens is 1. The van der Waals surface area contributed by atoms with Gasteiger partial charge in [-0.3, -0.25) is 14.5 Å². The summed E-state index contributed by atoms with van der Waals surface area (Å²) < 4.78 is 30.4. The average Bonchev–Trinajstić information content (AvgIpc) is 3.36. The summed E-state index contributed by atoms with van der Waals surface area (Å²) >= 11 is 5.89. The van der Waals surface area contributed by atoms with Gasteiger partial charge in [0, 0.05) is 29.2 Å². The average molecular weight is 534 g/mol. The van der Waals surface area contributed by atoms with Crippen molar-refractivity contribution in [2.45, 2.75) is 11.4 Å². The topological polar surface area (TPSA) is 126 Å². The zero-order chi connectivity index (χ0) is 26.0. The molecule has 3 aromatic carbocycles. The van der Waals surface area contributed by atoms with Crippen molar-refractivity contribution in [1.82, 2.24) is 20.1 Å². The fourth-order valence-corrected chi connectivity index (χ4v) is 4.92. The van der Waals surface area contributed by atoms with Crippen molar-refractivity contribution in [3.63, 3.8) is 0 Å². The molecule has 0 saturated heterocycles. The highest BCUT2D eigenvalue weighted by molar-refractivity contribution is 7.92. The van der Waals surface area contributed by atoms with E-state index in [-0.39, 0.29) is 34.0 Å². The zero-order valence-electron chi connectivity index (χ0n) is 19.2. The fourth-order valence-electron chi connectivity index (χ4n) is 3.72. The van der Waals surface area contributed by atoms with Gasteiger partial charge in [-0.2, -0.15) is 5.10 Å². The third-order valence-electron chi connectivity index (χ3n) is 5.61. The van der Waals surface area contributed by atoms with Crippen molar-refractivity contribution < 1.29 is 18.3 Å². The zero-order valence-corrected chi connectivity index (χ0v) is 20.7. The smallest absolute Gasteiger partial charge is 0.263 e. The van der Waals surface area contributed by atoms with Crippen LogP contribution in [0.3, 0.4) is 0 Å². The SMILES string of the molecule is O=C(NCc1ccc(Cl)cc1)c1cnc2ccc(S(=O)(=O)Nc3ccnn3-c3ccccc3)cc2c1O. The van der Waals surface area contributed by atoms with E-state index in [1.165, 1.54) is 41.3 Å². The Bertz CT molecular complexity index is 1700. The second-order valence-corrected chi connectivity index (χ2v) is 10.2. The van der Waals surface area contributed by atoms with Gasteiger partial charge in [0.05, 0.1) is 22.3 Å². The minimum atomic E-state index is -4.07. The molecule has 0 saturated carbocycles. The molecule has 0 aliphatic heterocycles. The number of hydrogen-bond acceptors (Lipinski definition) is 6. The molecule has 1 amide bonds. The molecule has 37 heavy (non-hydrogen) atoms. The third-order valence-corrected chi connectivity index (χ3v) is 7.22. The number of nitrogens with one attached hydrogen (secondary N) is 2. The summed E-state index contributed by atoms with van der Waals surface area (Å²) in [6.45, 7) is 0.209. The van der Waals surface area contributed by atoms with Gasteiger partial charge in [0.25, 0.3) is 15.9 Å². The van der Waals surface area contributed by atoms with Crippen molar-refractivity contribution in [1.29, 1.82) is 0 Å². The van der Waals surface area contributed by atoms with Crippen LogP contribution >= 0.6 is 11.6 Å². The van der Waals surface area contributed by atoms with Crippen LogP contribution in [-0.4, -0.2) is 34.2 Å². The number of amides is 1. The number of aromatic nitrogens is 3. The Morgan fingerprint density at radius 1 is 1.00 bits per heavy atom. The number of anilines is 1. The Kier molecular flexibility index (Phi) is 6.51. The van der Waals surface area contributed by atoms with E-state index in [0.717, 1.165) is 5.56 Å². The molecule has 0 fully saturated rings. The minimum absolute atomic E-state index is 0.0777. The first kappa shape index (κ1) is 24.3.